The molecule has 2 aromatic carbocycles. The van der Waals surface area contributed by atoms with Gasteiger partial charge < -0.3 is 25.6 Å². The maximum atomic E-state index is 13.9. The number of nitrogens with zero attached hydrogens (tertiary/aromatic N) is 2. The largest absolute Gasteiger partial charge is 0.496 e. The first-order valence-electron chi connectivity index (χ1n) is 9.53. The number of methoxy groups -OCH3 is 1. The van der Waals surface area contributed by atoms with Crippen molar-refractivity contribution >= 4 is 28.1 Å². The van der Waals surface area contributed by atoms with Gasteiger partial charge in [0.2, 0.25) is 0 Å². The number of nitrogens with one attached hydrogen (secondary N) is 1. The second kappa shape index (κ2) is 8.08. The first kappa shape index (κ1) is 19.2. The molecule has 8 heteroatoms. The Morgan fingerprint density at radius 3 is 2.66 bits per heavy atom. The first-order valence-corrected chi connectivity index (χ1v) is 9.53. The molecule has 152 valence electrons. The Hall–Kier alpha value is -3.13. The maximum Gasteiger partial charge on any atom is 0.146 e. The molecule has 1 aliphatic rings. The zero-order valence-electron chi connectivity index (χ0n) is 16.1. The lowest BCUT2D eigenvalue weighted by Gasteiger charge is -2.27. The van der Waals surface area contributed by atoms with Gasteiger partial charge in [0.25, 0.3) is 0 Å². The molecule has 0 radical (unpaired) electrons. The van der Waals surface area contributed by atoms with Crippen molar-refractivity contribution < 1.29 is 19.0 Å². The highest BCUT2D eigenvalue weighted by Crippen LogP contribution is 2.37. The zero-order valence-corrected chi connectivity index (χ0v) is 16.1. The molecule has 4 N–H and O–H groups in total. The molecule has 1 aromatic heterocycles. The highest BCUT2D eigenvalue weighted by atomic mass is 19.1. The molecule has 0 atom stereocenters. The van der Waals surface area contributed by atoms with Crippen molar-refractivity contribution in [1.29, 1.82) is 0 Å². The highest BCUT2D eigenvalue weighted by molar-refractivity contribution is 5.98. The Labute approximate surface area is 167 Å². The number of hydrogen-bond acceptors (Lipinski definition) is 7. The number of nitrogen functional groups attached to an aromatic ring is 1. The van der Waals surface area contributed by atoms with Gasteiger partial charge in [-0.3, -0.25) is 0 Å². The van der Waals surface area contributed by atoms with Crippen LogP contribution in [-0.2, 0) is 0 Å². The molecule has 4 rings (SSSR count). The third-order valence-corrected chi connectivity index (χ3v) is 5.08. The van der Waals surface area contributed by atoms with Crippen LogP contribution in [0.25, 0.3) is 10.9 Å². The lowest BCUT2D eigenvalue weighted by atomic mass is 9.95. The van der Waals surface area contributed by atoms with Crippen molar-refractivity contribution in [2.45, 2.75) is 37.9 Å². The molecule has 1 saturated carbocycles. The SMILES string of the molecule is COc1cc(N)cc2ncnc(Nc3ccc(F)cc3OC3CCC(O)CC3)c12. The average Bonchev–Trinajstić information content (AvgIpc) is 2.71. The van der Waals surface area contributed by atoms with Crippen molar-refractivity contribution in [2.24, 2.45) is 0 Å². The summed E-state index contributed by atoms with van der Waals surface area (Å²) in [6.45, 7) is 0. The number of halogens is 1. The molecular weight excluding hydrogens is 375 g/mol. The van der Waals surface area contributed by atoms with E-state index in [9.17, 15) is 9.50 Å². The van der Waals surface area contributed by atoms with Gasteiger partial charge in [0, 0.05) is 17.8 Å². The zero-order chi connectivity index (χ0) is 20.4. The summed E-state index contributed by atoms with van der Waals surface area (Å²) in [6.07, 6.45) is 3.87. The molecule has 3 aromatic rings. The van der Waals surface area contributed by atoms with Gasteiger partial charge in [-0.1, -0.05) is 0 Å². The summed E-state index contributed by atoms with van der Waals surface area (Å²) in [5.74, 6) is 1.04. The van der Waals surface area contributed by atoms with Gasteiger partial charge in [0.15, 0.2) is 0 Å². The first-order chi connectivity index (χ1) is 14.0. The fourth-order valence-corrected chi connectivity index (χ4v) is 3.60. The highest BCUT2D eigenvalue weighted by Gasteiger charge is 2.22. The van der Waals surface area contributed by atoms with Gasteiger partial charge in [-0.05, 0) is 43.9 Å². The normalized spacial score (nSPS) is 19.1. The molecule has 0 amide bonds. The van der Waals surface area contributed by atoms with Gasteiger partial charge >= 0.3 is 0 Å². The Bertz CT molecular complexity index is 1020. The lowest BCUT2D eigenvalue weighted by molar-refractivity contribution is 0.0668. The van der Waals surface area contributed by atoms with E-state index < -0.39 is 0 Å². The van der Waals surface area contributed by atoms with Crippen LogP contribution < -0.4 is 20.5 Å². The molecule has 1 fully saturated rings. The summed E-state index contributed by atoms with van der Waals surface area (Å²) in [5.41, 5.74) is 7.66. The minimum absolute atomic E-state index is 0.0720. The van der Waals surface area contributed by atoms with Crippen LogP contribution in [0.15, 0.2) is 36.7 Å². The molecular formula is C21H23FN4O3. The number of nitrogens with two attached hydrogens (primary N) is 1. The number of aromatic nitrogens is 2. The number of benzene rings is 2. The molecule has 0 unspecified atom stereocenters. The number of ether oxygens (including phenoxy) is 2. The van der Waals surface area contributed by atoms with E-state index in [1.165, 1.54) is 18.5 Å². The van der Waals surface area contributed by atoms with Crippen molar-refractivity contribution in [1.82, 2.24) is 9.97 Å². The topological polar surface area (TPSA) is 103 Å². The predicted octanol–water partition coefficient (Wildman–Crippen LogP) is 3.79. The van der Waals surface area contributed by atoms with Gasteiger partial charge in [0.1, 0.15) is 29.5 Å². The van der Waals surface area contributed by atoms with Gasteiger partial charge in [-0.2, -0.15) is 0 Å². The van der Waals surface area contributed by atoms with Crippen LogP contribution in [0.1, 0.15) is 25.7 Å². The molecule has 0 aliphatic heterocycles. The maximum absolute atomic E-state index is 13.9. The Balaban J connectivity index is 1.68. The van der Waals surface area contributed by atoms with E-state index in [2.05, 4.69) is 15.3 Å². The second-order valence-corrected chi connectivity index (χ2v) is 7.15. The van der Waals surface area contributed by atoms with E-state index in [1.807, 2.05) is 0 Å². The number of aliphatic hydroxyl groups is 1. The van der Waals surface area contributed by atoms with Crippen molar-refractivity contribution in [3.8, 4) is 11.5 Å². The van der Waals surface area contributed by atoms with Gasteiger partial charge in [-0.25, -0.2) is 14.4 Å². The van der Waals surface area contributed by atoms with Gasteiger partial charge in [0.05, 0.1) is 35.9 Å². The fraction of sp³-hybridized carbons (Fsp3) is 0.333. The molecule has 1 heterocycles. The average molecular weight is 398 g/mol. The number of hydrogen-bond donors (Lipinski definition) is 3. The summed E-state index contributed by atoms with van der Waals surface area (Å²) in [6, 6.07) is 7.76. The lowest BCUT2D eigenvalue weighted by Crippen LogP contribution is -2.26. The summed E-state index contributed by atoms with van der Waals surface area (Å²) >= 11 is 0. The van der Waals surface area contributed by atoms with Crippen LogP contribution in [0.4, 0.5) is 21.6 Å². The van der Waals surface area contributed by atoms with Crippen LogP contribution in [0.3, 0.4) is 0 Å². The van der Waals surface area contributed by atoms with Crippen molar-refractivity contribution in [3.63, 3.8) is 0 Å². The van der Waals surface area contributed by atoms with Gasteiger partial charge in [-0.15, -0.1) is 0 Å². The monoisotopic (exact) mass is 398 g/mol. The molecule has 0 spiro atoms. The number of anilines is 3. The summed E-state index contributed by atoms with van der Waals surface area (Å²) in [4.78, 5) is 8.60. The van der Waals surface area contributed by atoms with Crippen LogP contribution in [-0.4, -0.2) is 34.4 Å². The van der Waals surface area contributed by atoms with Crippen LogP contribution in [0, 0.1) is 5.82 Å². The number of rotatable bonds is 5. The third kappa shape index (κ3) is 4.17. The van der Waals surface area contributed by atoms with Crippen molar-refractivity contribution in [3.05, 3.63) is 42.5 Å². The Morgan fingerprint density at radius 2 is 1.90 bits per heavy atom. The quantitative estimate of drug-likeness (QED) is 0.562. The Kier molecular flexibility index (Phi) is 5.35. The van der Waals surface area contributed by atoms with E-state index in [0.29, 0.717) is 52.4 Å². The molecule has 0 bridgehead atoms. The molecule has 29 heavy (non-hydrogen) atoms. The second-order valence-electron chi connectivity index (χ2n) is 7.15. The van der Waals surface area contributed by atoms with Crippen LogP contribution >= 0.6 is 0 Å². The van der Waals surface area contributed by atoms with E-state index in [4.69, 9.17) is 15.2 Å². The van der Waals surface area contributed by atoms with Crippen molar-refractivity contribution in [2.75, 3.05) is 18.2 Å². The smallest absolute Gasteiger partial charge is 0.146 e. The van der Waals surface area contributed by atoms with E-state index in [-0.39, 0.29) is 18.0 Å². The minimum atomic E-state index is -0.390. The van der Waals surface area contributed by atoms with E-state index in [1.54, 1.807) is 25.3 Å². The summed E-state index contributed by atoms with van der Waals surface area (Å²) in [7, 11) is 1.55. The summed E-state index contributed by atoms with van der Waals surface area (Å²) in [5, 5.41) is 13.6. The Morgan fingerprint density at radius 1 is 1.10 bits per heavy atom. The number of fused-ring (bicyclic) bond motifs is 1. The minimum Gasteiger partial charge on any atom is -0.496 e. The predicted molar refractivity (Wildman–Crippen MR) is 109 cm³/mol. The fourth-order valence-electron chi connectivity index (χ4n) is 3.60. The molecule has 7 nitrogen and oxygen atoms in total. The van der Waals surface area contributed by atoms with Crippen LogP contribution in [0.2, 0.25) is 0 Å². The molecule has 0 saturated heterocycles. The van der Waals surface area contributed by atoms with E-state index >= 15 is 0 Å². The molecule has 1 aliphatic carbocycles. The van der Waals surface area contributed by atoms with Crippen LogP contribution in [0.5, 0.6) is 11.5 Å². The van der Waals surface area contributed by atoms with E-state index in [0.717, 1.165) is 12.8 Å². The number of aliphatic hydroxyl groups excluding tert-OH is 1. The third-order valence-electron chi connectivity index (χ3n) is 5.08. The summed E-state index contributed by atoms with van der Waals surface area (Å²) < 4.78 is 25.4. The standard InChI is InChI=1S/C21H23FN4O3/c1-28-19-10-13(23)9-17-20(19)21(25-11-24-17)26-16-7-2-12(22)8-18(16)29-15-5-3-14(27)4-6-15/h2,7-11,14-15,27H,3-6,23H2,1H3,(H,24,25,26).